The summed E-state index contributed by atoms with van der Waals surface area (Å²) < 4.78 is 17.8. The number of aromatic nitrogens is 3. The Balaban J connectivity index is 2.77. The van der Waals surface area contributed by atoms with E-state index in [-0.39, 0.29) is 16.6 Å². The van der Waals surface area contributed by atoms with Gasteiger partial charge in [0.05, 0.1) is 12.7 Å². The van der Waals surface area contributed by atoms with E-state index in [0.717, 1.165) is 12.4 Å². The van der Waals surface area contributed by atoms with Crippen LogP contribution in [0.25, 0.3) is 11.0 Å². The molecular weight excluding hydrogens is 201 g/mol. The fourth-order valence-corrected chi connectivity index (χ4v) is 1.22. The maximum Gasteiger partial charge on any atom is 0.340 e. The summed E-state index contributed by atoms with van der Waals surface area (Å²) in [5, 5.41) is 7.15. The third kappa shape index (κ3) is 1.50. The maximum absolute atomic E-state index is 13.3. The van der Waals surface area contributed by atoms with Gasteiger partial charge in [-0.15, -0.1) is 10.2 Å². The van der Waals surface area contributed by atoms with Crippen molar-refractivity contribution in [3.05, 3.63) is 29.8 Å². The second-order valence-electron chi connectivity index (χ2n) is 2.74. The minimum Gasteiger partial charge on any atom is -0.465 e. The molecule has 0 saturated carbocycles. The zero-order valence-corrected chi connectivity index (χ0v) is 7.77. The molecule has 0 atom stereocenters. The molecule has 1 aromatic heterocycles. The van der Waals surface area contributed by atoms with Crippen molar-refractivity contribution in [1.29, 1.82) is 0 Å². The standard InChI is InChI=1S/C9H6FN3O2/c1-15-9(14)5-2-3-6(10)8-7(5)13-12-4-11-8/h2-4H,1H3. The van der Waals surface area contributed by atoms with Crippen LogP contribution in [0.2, 0.25) is 0 Å². The number of nitrogens with zero attached hydrogens (tertiary/aromatic N) is 3. The summed E-state index contributed by atoms with van der Waals surface area (Å²) in [5.41, 5.74) is 0.256. The quantitative estimate of drug-likeness (QED) is 0.651. The largest absolute Gasteiger partial charge is 0.465 e. The number of fused-ring (bicyclic) bond motifs is 1. The summed E-state index contributed by atoms with van der Waals surface area (Å²) >= 11 is 0. The molecule has 0 amide bonds. The van der Waals surface area contributed by atoms with Crippen LogP contribution < -0.4 is 0 Å². The van der Waals surface area contributed by atoms with E-state index < -0.39 is 11.8 Å². The zero-order chi connectivity index (χ0) is 10.8. The van der Waals surface area contributed by atoms with Crippen LogP contribution in [0, 0.1) is 5.82 Å². The Hall–Kier alpha value is -2.11. The van der Waals surface area contributed by atoms with Crippen LogP contribution in [0.15, 0.2) is 18.5 Å². The molecule has 15 heavy (non-hydrogen) atoms. The highest BCUT2D eigenvalue weighted by Crippen LogP contribution is 2.17. The molecule has 2 aromatic rings. The van der Waals surface area contributed by atoms with E-state index in [2.05, 4.69) is 19.9 Å². The Morgan fingerprint density at radius 3 is 2.93 bits per heavy atom. The number of rotatable bonds is 1. The summed E-state index contributed by atoms with van der Waals surface area (Å²) in [7, 11) is 1.24. The molecular formula is C9H6FN3O2. The van der Waals surface area contributed by atoms with Gasteiger partial charge in [-0.25, -0.2) is 14.2 Å². The highest BCUT2D eigenvalue weighted by Gasteiger charge is 2.14. The molecule has 0 radical (unpaired) electrons. The minimum absolute atomic E-state index is 0.00731. The number of methoxy groups -OCH3 is 1. The van der Waals surface area contributed by atoms with Crippen molar-refractivity contribution in [2.45, 2.75) is 0 Å². The van der Waals surface area contributed by atoms with Crippen molar-refractivity contribution < 1.29 is 13.9 Å². The molecule has 0 aliphatic heterocycles. The molecule has 0 saturated heterocycles. The molecule has 76 valence electrons. The molecule has 1 aromatic carbocycles. The number of carbonyl (C=O) groups is 1. The fourth-order valence-electron chi connectivity index (χ4n) is 1.22. The average Bonchev–Trinajstić information content (AvgIpc) is 2.29. The number of esters is 1. The molecule has 6 heteroatoms. The lowest BCUT2D eigenvalue weighted by Crippen LogP contribution is -2.05. The third-order valence-corrected chi connectivity index (χ3v) is 1.90. The summed E-state index contributed by atoms with van der Waals surface area (Å²) in [4.78, 5) is 15.0. The second-order valence-corrected chi connectivity index (χ2v) is 2.74. The molecule has 0 fully saturated rings. The van der Waals surface area contributed by atoms with E-state index in [9.17, 15) is 9.18 Å². The predicted octanol–water partition coefficient (Wildman–Crippen LogP) is 0.950. The molecule has 0 unspecified atom stereocenters. The number of halogens is 1. The van der Waals surface area contributed by atoms with Gasteiger partial charge in [-0.2, -0.15) is 0 Å². The second kappa shape index (κ2) is 3.56. The van der Waals surface area contributed by atoms with Crippen LogP contribution in [-0.4, -0.2) is 28.3 Å². The van der Waals surface area contributed by atoms with Crippen LogP contribution in [0.4, 0.5) is 4.39 Å². The maximum atomic E-state index is 13.3. The van der Waals surface area contributed by atoms with Gasteiger partial charge in [-0.3, -0.25) is 0 Å². The van der Waals surface area contributed by atoms with Crippen LogP contribution in [-0.2, 0) is 4.74 Å². The molecule has 2 rings (SSSR count). The van der Waals surface area contributed by atoms with E-state index in [4.69, 9.17) is 0 Å². The van der Waals surface area contributed by atoms with Crippen LogP contribution in [0.1, 0.15) is 10.4 Å². The Morgan fingerprint density at radius 2 is 2.20 bits per heavy atom. The zero-order valence-electron chi connectivity index (χ0n) is 7.77. The summed E-state index contributed by atoms with van der Waals surface area (Å²) in [6.07, 6.45) is 1.12. The molecule has 0 aliphatic rings. The van der Waals surface area contributed by atoms with E-state index in [1.165, 1.54) is 13.2 Å². The van der Waals surface area contributed by atoms with Crippen LogP contribution in [0.3, 0.4) is 0 Å². The fraction of sp³-hybridized carbons (Fsp3) is 0.111. The Bertz CT molecular complexity index is 530. The smallest absolute Gasteiger partial charge is 0.340 e. The molecule has 0 N–H and O–H groups in total. The van der Waals surface area contributed by atoms with Gasteiger partial charge >= 0.3 is 5.97 Å². The number of hydrogen-bond donors (Lipinski definition) is 0. The van der Waals surface area contributed by atoms with Gasteiger partial charge in [0.25, 0.3) is 0 Å². The number of ether oxygens (including phenoxy) is 1. The molecule has 0 aliphatic carbocycles. The number of hydrogen-bond acceptors (Lipinski definition) is 5. The van der Waals surface area contributed by atoms with Crippen molar-refractivity contribution >= 4 is 17.0 Å². The lowest BCUT2D eigenvalue weighted by molar-refractivity contribution is 0.0602. The first-order valence-electron chi connectivity index (χ1n) is 4.08. The van der Waals surface area contributed by atoms with Gasteiger partial charge in [-0.05, 0) is 12.1 Å². The van der Waals surface area contributed by atoms with Crippen molar-refractivity contribution in [2.24, 2.45) is 0 Å². The van der Waals surface area contributed by atoms with E-state index in [1.54, 1.807) is 0 Å². The van der Waals surface area contributed by atoms with Crippen molar-refractivity contribution in [2.75, 3.05) is 7.11 Å². The van der Waals surface area contributed by atoms with Crippen LogP contribution >= 0.6 is 0 Å². The first kappa shape index (κ1) is 9.45. The highest BCUT2D eigenvalue weighted by molar-refractivity contribution is 6.01. The Labute approximate surface area is 83.9 Å². The lowest BCUT2D eigenvalue weighted by Gasteiger charge is -2.02. The van der Waals surface area contributed by atoms with Crippen molar-refractivity contribution in [3.8, 4) is 0 Å². The Morgan fingerprint density at radius 1 is 1.40 bits per heavy atom. The topological polar surface area (TPSA) is 65.0 Å². The summed E-state index contributed by atoms with van der Waals surface area (Å²) in [5.74, 6) is -1.14. The van der Waals surface area contributed by atoms with Gasteiger partial charge in [-0.1, -0.05) is 0 Å². The minimum atomic E-state index is -0.595. The van der Waals surface area contributed by atoms with Crippen molar-refractivity contribution in [3.63, 3.8) is 0 Å². The normalized spacial score (nSPS) is 10.3. The monoisotopic (exact) mass is 207 g/mol. The first-order valence-corrected chi connectivity index (χ1v) is 4.08. The third-order valence-electron chi connectivity index (χ3n) is 1.90. The highest BCUT2D eigenvalue weighted by atomic mass is 19.1. The first-order chi connectivity index (χ1) is 7.24. The van der Waals surface area contributed by atoms with E-state index in [0.29, 0.717) is 0 Å². The van der Waals surface area contributed by atoms with E-state index >= 15 is 0 Å². The summed E-state index contributed by atoms with van der Waals surface area (Å²) in [6.45, 7) is 0. The van der Waals surface area contributed by atoms with Crippen molar-refractivity contribution in [1.82, 2.24) is 15.2 Å². The predicted molar refractivity (Wildman–Crippen MR) is 48.6 cm³/mol. The van der Waals surface area contributed by atoms with Gasteiger partial charge in [0.1, 0.15) is 17.4 Å². The number of benzene rings is 1. The number of carbonyl (C=O) groups excluding carboxylic acids is 1. The summed E-state index contributed by atoms with van der Waals surface area (Å²) in [6, 6.07) is 2.43. The molecule has 0 bridgehead atoms. The SMILES string of the molecule is COC(=O)c1ccc(F)c2ncnnc12. The van der Waals surface area contributed by atoms with Crippen LogP contribution in [0.5, 0.6) is 0 Å². The van der Waals surface area contributed by atoms with Gasteiger partial charge in [0, 0.05) is 0 Å². The van der Waals surface area contributed by atoms with Gasteiger partial charge < -0.3 is 4.74 Å². The molecule has 5 nitrogen and oxygen atoms in total. The lowest BCUT2D eigenvalue weighted by atomic mass is 10.2. The van der Waals surface area contributed by atoms with Gasteiger partial charge in [0.2, 0.25) is 0 Å². The average molecular weight is 207 g/mol. The molecule has 0 spiro atoms. The van der Waals surface area contributed by atoms with Gasteiger partial charge in [0.15, 0.2) is 5.82 Å². The Kier molecular flexibility index (Phi) is 2.24. The molecule has 1 heterocycles. The van der Waals surface area contributed by atoms with E-state index in [1.807, 2.05) is 0 Å².